The van der Waals surface area contributed by atoms with Crippen molar-refractivity contribution in [2.75, 3.05) is 0 Å². The highest BCUT2D eigenvalue weighted by atomic mass is 32.2. The van der Waals surface area contributed by atoms with Crippen molar-refractivity contribution >= 4 is 27.7 Å². The number of nitrogens with one attached hydrogen (secondary N) is 1. The number of rotatable bonds is 5. The molecule has 138 valence electrons. The number of hydrogen-bond donors (Lipinski definition) is 2. The molecule has 0 atom stereocenters. The summed E-state index contributed by atoms with van der Waals surface area (Å²) in [5.74, 6) is -0.0545. The second-order valence-corrected chi connectivity index (χ2v) is 9.10. The van der Waals surface area contributed by atoms with Crippen molar-refractivity contribution in [3.05, 3.63) is 54.1 Å². The monoisotopic (exact) mass is 390 g/mol. The van der Waals surface area contributed by atoms with Gasteiger partial charge in [-0.25, -0.2) is 13.6 Å². The first-order valence-electron chi connectivity index (χ1n) is 8.64. The molecule has 3 rings (SSSR count). The average molecular weight is 391 g/mol. The standard InChI is InChI=1S/C19H22N2O3S2/c20-26(23,24)16-12-10-15(11-13-16)25-18-9-5-4-8-17(18)19(22)21-14-6-2-1-3-7-14/h4-5,8-14H,1-3,6-7H2,(H,21,22)(H2,20,23,24). The third kappa shape index (κ3) is 4.87. The Balaban J connectivity index is 1.75. The van der Waals surface area contributed by atoms with Gasteiger partial charge < -0.3 is 5.32 Å². The van der Waals surface area contributed by atoms with Gasteiger partial charge in [0.2, 0.25) is 10.0 Å². The van der Waals surface area contributed by atoms with Crippen molar-refractivity contribution in [2.24, 2.45) is 5.14 Å². The summed E-state index contributed by atoms with van der Waals surface area (Å²) in [7, 11) is -3.70. The second-order valence-electron chi connectivity index (χ2n) is 6.42. The van der Waals surface area contributed by atoms with Crippen molar-refractivity contribution in [1.82, 2.24) is 5.32 Å². The number of carbonyl (C=O) groups excluding carboxylic acids is 1. The van der Waals surface area contributed by atoms with Crippen LogP contribution in [0.15, 0.2) is 63.2 Å². The molecule has 3 N–H and O–H groups in total. The van der Waals surface area contributed by atoms with Crippen molar-refractivity contribution in [3.63, 3.8) is 0 Å². The van der Waals surface area contributed by atoms with E-state index in [4.69, 9.17) is 5.14 Å². The van der Waals surface area contributed by atoms with E-state index in [0.717, 1.165) is 35.5 Å². The molecule has 0 aromatic heterocycles. The van der Waals surface area contributed by atoms with E-state index in [1.54, 1.807) is 12.1 Å². The van der Waals surface area contributed by atoms with E-state index in [-0.39, 0.29) is 16.8 Å². The van der Waals surface area contributed by atoms with Gasteiger partial charge in [-0.15, -0.1) is 0 Å². The Labute approximate surface area is 158 Å². The predicted molar refractivity (Wildman–Crippen MR) is 103 cm³/mol. The van der Waals surface area contributed by atoms with Crippen molar-refractivity contribution in [3.8, 4) is 0 Å². The Morgan fingerprint density at radius 2 is 1.65 bits per heavy atom. The minimum Gasteiger partial charge on any atom is -0.349 e. The summed E-state index contributed by atoms with van der Waals surface area (Å²) in [6.45, 7) is 0. The molecule has 26 heavy (non-hydrogen) atoms. The number of nitrogens with two attached hydrogens (primary N) is 1. The molecule has 0 aliphatic heterocycles. The third-order valence-corrected chi connectivity index (χ3v) is 6.47. The SMILES string of the molecule is NS(=O)(=O)c1ccc(Sc2ccccc2C(=O)NC2CCCCC2)cc1. The van der Waals surface area contributed by atoms with Crippen LogP contribution in [0.4, 0.5) is 0 Å². The molecule has 5 nitrogen and oxygen atoms in total. The van der Waals surface area contributed by atoms with Gasteiger partial charge in [0, 0.05) is 15.8 Å². The van der Waals surface area contributed by atoms with Crippen LogP contribution in [0.5, 0.6) is 0 Å². The molecule has 0 radical (unpaired) electrons. The van der Waals surface area contributed by atoms with Crippen LogP contribution in [-0.2, 0) is 10.0 Å². The quantitative estimate of drug-likeness (QED) is 0.817. The first-order chi connectivity index (χ1) is 12.4. The van der Waals surface area contributed by atoms with Crippen molar-refractivity contribution < 1.29 is 13.2 Å². The Kier molecular flexibility index (Phi) is 6.01. The number of carbonyl (C=O) groups is 1. The molecule has 1 fully saturated rings. The molecule has 2 aromatic rings. The second kappa shape index (κ2) is 8.24. The maximum atomic E-state index is 12.7. The molecule has 1 amide bonds. The van der Waals surface area contributed by atoms with E-state index in [2.05, 4.69) is 5.32 Å². The zero-order chi connectivity index (χ0) is 18.6. The number of sulfonamides is 1. The van der Waals surface area contributed by atoms with E-state index in [9.17, 15) is 13.2 Å². The maximum absolute atomic E-state index is 12.7. The number of hydrogen-bond acceptors (Lipinski definition) is 4. The van der Waals surface area contributed by atoms with Crippen LogP contribution in [0, 0.1) is 0 Å². The summed E-state index contributed by atoms with van der Waals surface area (Å²) in [4.78, 5) is 14.4. The van der Waals surface area contributed by atoms with Gasteiger partial charge >= 0.3 is 0 Å². The van der Waals surface area contributed by atoms with Crippen LogP contribution in [0.3, 0.4) is 0 Å². The fraction of sp³-hybridized carbons (Fsp3) is 0.316. The van der Waals surface area contributed by atoms with Crippen LogP contribution in [0.25, 0.3) is 0 Å². The van der Waals surface area contributed by atoms with Gasteiger partial charge in [0.05, 0.1) is 10.5 Å². The normalized spacial score (nSPS) is 15.6. The molecular formula is C19H22N2O3S2. The van der Waals surface area contributed by atoms with E-state index in [0.29, 0.717) is 5.56 Å². The number of primary sulfonamides is 1. The largest absolute Gasteiger partial charge is 0.349 e. The molecule has 0 heterocycles. The molecule has 0 spiro atoms. The van der Waals surface area contributed by atoms with Gasteiger partial charge in [0.25, 0.3) is 5.91 Å². The van der Waals surface area contributed by atoms with Crippen LogP contribution in [-0.4, -0.2) is 20.4 Å². The minimum atomic E-state index is -3.70. The van der Waals surface area contributed by atoms with Crippen LogP contribution >= 0.6 is 11.8 Å². The van der Waals surface area contributed by atoms with Gasteiger partial charge in [-0.3, -0.25) is 4.79 Å². The average Bonchev–Trinajstić information content (AvgIpc) is 2.63. The highest BCUT2D eigenvalue weighted by molar-refractivity contribution is 7.99. The zero-order valence-corrected chi connectivity index (χ0v) is 16.0. The Bertz CT molecular complexity index is 874. The van der Waals surface area contributed by atoms with E-state index >= 15 is 0 Å². The van der Waals surface area contributed by atoms with Gasteiger partial charge in [0.1, 0.15) is 0 Å². The molecule has 1 aliphatic rings. The summed E-state index contributed by atoms with van der Waals surface area (Å²) in [6, 6.07) is 14.0. The zero-order valence-electron chi connectivity index (χ0n) is 14.4. The van der Waals surface area contributed by atoms with Crippen molar-refractivity contribution in [1.29, 1.82) is 0 Å². The first-order valence-corrected chi connectivity index (χ1v) is 11.0. The fourth-order valence-electron chi connectivity index (χ4n) is 3.08. The van der Waals surface area contributed by atoms with Crippen LogP contribution < -0.4 is 10.5 Å². The molecule has 1 saturated carbocycles. The molecule has 7 heteroatoms. The number of amides is 1. The predicted octanol–water partition coefficient (Wildman–Crippen LogP) is 3.55. The fourth-order valence-corrected chi connectivity index (χ4v) is 4.54. The Morgan fingerprint density at radius 3 is 2.31 bits per heavy atom. The van der Waals surface area contributed by atoms with Gasteiger partial charge in [-0.2, -0.15) is 0 Å². The summed E-state index contributed by atoms with van der Waals surface area (Å²) < 4.78 is 22.7. The molecule has 0 saturated heterocycles. The molecule has 0 bridgehead atoms. The molecule has 0 unspecified atom stereocenters. The van der Waals surface area contributed by atoms with E-state index in [1.807, 2.05) is 24.3 Å². The third-order valence-electron chi connectivity index (χ3n) is 4.45. The Hall–Kier alpha value is -1.83. The highest BCUT2D eigenvalue weighted by Gasteiger charge is 2.19. The van der Waals surface area contributed by atoms with E-state index in [1.165, 1.54) is 30.3 Å². The Morgan fingerprint density at radius 1 is 1.00 bits per heavy atom. The summed E-state index contributed by atoms with van der Waals surface area (Å²) >= 11 is 1.43. The first kappa shape index (κ1) is 18.9. The van der Waals surface area contributed by atoms with Gasteiger partial charge in [0.15, 0.2) is 0 Å². The summed E-state index contributed by atoms with van der Waals surface area (Å²) in [5.41, 5.74) is 0.638. The van der Waals surface area contributed by atoms with Gasteiger partial charge in [-0.05, 0) is 49.2 Å². The lowest BCUT2D eigenvalue weighted by Crippen LogP contribution is -2.36. The van der Waals surface area contributed by atoms with Crippen LogP contribution in [0.1, 0.15) is 42.5 Å². The molecule has 2 aromatic carbocycles. The van der Waals surface area contributed by atoms with Crippen molar-refractivity contribution in [2.45, 2.75) is 52.8 Å². The van der Waals surface area contributed by atoms with Crippen LogP contribution in [0.2, 0.25) is 0 Å². The lowest BCUT2D eigenvalue weighted by molar-refractivity contribution is 0.0924. The summed E-state index contributed by atoms with van der Waals surface area (Å²) in [6.07, 6.45) is 5.65. The lowest BCUT2D eigenvalue weighted by atomic mass is 9.95. The van der Waals surface area contributed by atoms with Gasteiger partial charge in [-0.1, -0.05) is 43.2 Å². The smallest absolute Gasteiger partial charge is 0.252 e. The molecule has 1 aliphatic carbocycles. The van der Waals surface area contributed by atoms with E-state index < -0.39 is 10.0 Å². The summed E-state index contributed by atoms with van der Waals surface area (Å²) in [5, 5.41) is 8.27. The molecular weight excluding hydrogens is 368 g/mol. The maximum Gasteiger partial charge on any atom is 0.252 e. The minimum absolute atomic E-state index is 0.0545. The lowest BCUT2D eigenvalue weighted by Gasteiger charge is -2.23. The highest BCUT2D eigenvalue weighted by Crippen LogP contribution is 2.31. The topological polar surface area (TPSA) is 89.3 Å². The number of benzene rings is 2.